The number of hydrogen-bond donors (Lipinski definition) is 3. The number of aromatic nitrogens is 4. The van der Waals surface area contributed by atoms with Crippen LogP contribution in [-0.2, 0) is 28.3 Å². The molecule has 2 aromatic rings. The smallest absolute Gasteiger partial charge is 0.335 e. The predicted octanol–water partition coefficient (Wildman–Crippen LogP) is 0.0182. The molecule has 0 saturated heterocycles. The zero-order valence-electron chi connectivity index (χ0n) is 14.8. The number of carboxylic acids is 1. The molecule has 0 aliphatic heterocycles. The zero-order chi connectivity index (χ0) is 21.1. The van der Waals surface area contributed by atoms with Gasteiger partial charge in [-0.25, -0.2) is 9.52 Å². The molecule has 0 aliphatic rings. The van der Waals surface area contributed by atoms with Gasteiger partial charge in [0.1, 0.15) is 0 Å². The standard InChI is InChI=1S/C13H15ClN6O7S/c1-20-11(6(4-9(21)22)10(14)18-20)28(24,25)19-13(23)17-12-15-7(26-2)5-8(16-12)27-3/h5H,4H2,1-3H3,(H,21,22)(H2,15,16,17,19,23). The summed E-state index contributed by atoms with van der Waals surface area (Å²) in [6.07, 6.45) is -0.708. The largest absolute Gasteiger partial charge is 0.481 e. The molecular weight excluding hydrogens is 420 g/mol. The first-order valence-electron chi connectivity index (χ1n) is 7.31. The molecule has 2 amide bonds. The maximum absolute atomic E-state index is 12.5. The van der Waals surface area contributed by atoms with Crippen LogP contribution < -0.4 is 19.5 Å². The summed E-state index contributed by atoms with van der Waals surface area (Å²) in [5.74, 6) is -1.50. The van der Waals surface area contributed by atoms with Crippen LogP contribution in [0.1, 0.15) is 5.56 Å². The summed E-state index contributed by atoms with van der Waals surface area (Å²) >= 11 is 5.80. The van der Waals surface area contributed by atoms with E-state index in [1.165, 1.54) is 27.3 Å². The van der Waals surface area contributed by atoms with E-state index >= 15 is 0 Å². The first-order chi connectivity index (χ1) is 13.1. The number of nitrogens with zero attached hydrogens (tertiary/aromatic N) is 4. The van der Waals surface area contributed by atoms with Crippen molar-refractivity contribution >= 4 is 39.6 Å². The van der Waals surface area contributed by atoms with Crippen molar-refractivity contribution in [1.29, 1.82) is 0 Å². The number of halogens is 1. The van der Waals surface area contributed by atoms with Crippen LogP contribution in [-0.4, -0.2) is 59.5 Å². The van der Waals surface area contributed by atoms with E-state index in [-0.39, 0.29) is 28.4 Å². The summed E-state index contributed by atoms with van der Waals surface area (Å²) in [6, 6.07) is 0.129. The van der Waals surface area contributed by atoms with Crippen LogP contribution in [0.2, 0.25) is 5.15 Å². The van der Waals surface area contributed by atoms with E-state index in [9.17, 15) is 18.0 Å². The minimum Gasteiger partial charge on any atom is -0.481 e. The Hall–Kier alpha value is -3.13. The summed E-state index contributed by atoms with van der Waals surface area (Å²) in [7, 11) is -0.637. The van der Waals surface area contributed by atoms with Crippen molar-refractivity contribution in [1.82, 2.24) is 24.5 Å². The lowest BCUT2D eigenvalue weighted by atomic mass is 10.2. The van der Waals surface area contributed by atoms with Crippen LogP contribution in [0, 0.1) is 0 Å². The second-order valence-electron chi connectivity index (χ2n) is 5.10. The summed E-state index contributed by atoms with van der Waals surface area (Å²) in [4.78, 5) is 30.7. The number of carboxylic acid groups (broad SMARTS) is 1. The van der Waals surface area contributed by atoms with Gasteiger partial charge in [0, 0.05) is 12.6 Å². The molecule has 152 valence electrons. The fourth-order valence-corrected chi connectivity index (χ4v) is 3.72. The van der Waals surface area contributed by atoms with Crippen molar-refractivity contribution in [3.05, 3.63) is 16.8 Å². The van der Waals surface area contributed by atoms with Crippen LogP contribution >= 0.6 is 11.6 Å². The molecule has 0 bridgehead atoms. The molecule has 0 fully saturated rings. The molecule has 0 saturated carbocycles. The summed E-state index contributed by atoms with van der Waals surface area (Å²) in [5.41, 5.74) is -0.267. The van der Waals surface area contributed by atoms with Crippen LogP contribution in [0.25, 0.3) is 0 Å². The molecule has 3 N–H and O–H groups in total. The number of hydrogen-bond acceptors (Lipinski definition) is 9. The molecule has 0 radical (unpaired) electrons. The maximum Gasteiger partial charge on any atom is 0.335 e. The normalized spacial score (nSPS) is 11.0. The molecule has 28 heavy (non-hydrogen) atoms. The van der Waals surface area contributed by atoms with Crippen molar-refractivity contribution in [2.75, 3.05) is 19.5 Å². The van der Waals surface area contributed by atoms with Gasteiger partial charge in [-0.2, -0.15) is 23.5 Å². The first-order valence-corrected chi connectivity index (χ1v) is 9.17. The van der Waals surface area contributed by atoms with Crippen molar-refractivity contribution in [3.8, 4) is 11.8 Å². The lowest BCUT2D eigenvalue weighted by Crippen LogP contribution is -2.36. The SMILES string of the molecule is COc1cc(OC)nc(NC(=O)NS(=O)(=O)c2c(CC(=O)O)c(Cl)nn2C)n1. The highest BCUT2D eigenvalue weighted by molar-refractivity contribution is 7.90. The molecule has 0 aromatic carbocycles. The first kappa shape index (κ1) is 21.2. The monoisotopic (exact) mass is 434 g/mol. The van der Waals surface area contributed by atoms with Gasteiger partial charge in [-0.1, -0.05) is 11.6 Å². The summed E-state index contributed by atoms with van der Waals surface area (Å²) in [6.45, 7) is 0. The fraction of sp³-hybridized carbons (Fsp3) is 0.308. The number of carbonyl (C=O) groups is 2. The number of aryl methyl sites for hydroxylation is 1. The second-order valence-corrected chi connectivity index (χ2v) is 7.06. The van der Waals surface area contributed by atoms with E-state index in [0.29, 0.717) is 0 Å². The number of anilines is 1. The van der Waals surface area contributed by atoms with Gasteiger partial charge in [0.25, 0.3) is 10.0 Å². The second kappa shape index (κ2) is 8.26. The van der Waals surface area contributed by atoms with Crippen LogP contribution in [0.3, 0.4) is 0 Å². The molecule has 0 atom stereocenters. The van der Waals surface area contributed by atoms with Crippen molar-refractivity contribution < 1.29 is 32.6 Å². The van der Waals surface area contributed by atoms with E-state index in [1.54, 1.807) is 4.72 Å². The third-order valence-corrected chi connectivity index (χ3v) is 4.95. The van der Waals surface area contributed by atoms with Gasteiger partial charge in [-0.3, -0.25) is 14.8 Å². The van der Waals surface area contributed by atoms with Crippen molar-refractivity contribution in [2.24, 2.45) is 7.05 Å². The molecule has 2 rings (SSSR count). The Balaban J connectivity index is 2.28. The van der Waals surface area contributed by atoms with E-state index in [1.807, 2.05) is 0 Å². The van der Waals surface area contributed by atoms with Gasteiger partial charge in [-0.05, 0) is 0 Å². The zero-order valence-corrected chi connectivity index (χ0v) is 16.3. The van der Waals surface area contributed by atoms with E-state index < -0.39 is 33.5 Å². The van der Waals surface area contributed by atoms with E-state index in [4.69, 9.17) is 26.2 Å². The number of amides is 2. The van der Waals surface area contributed by atoms with Crippen molar-refractivity contribution in [3.63, 3.8) is 0 Å². The molecule has 0 spiro atoms. The van der Waals surface area contributed by atoms with Gasteiger partial charge in [0.15, 0.2) is 10.2 Å². The maximum atomic E-state index is 12.5. The van der Waals surface area contributed by atoms with E-state index in [0.717, 1.165) is 4.68 Å². The lowest BCUT2D eigenvalue weighted by Gasteiger charge is -2.10. The van der Waals surface area contributed by atoms with Crippen LogP contribution in [0.15, 0.2) is 11.1 Å². The molecule has 15 heteroatoms. The Morgan fingerprint density at radius 2 is 1.82 bits per heavy atom. The minimum absolute atomic E-state index is 0.0622. The average Bonchev–Trinajstić information content (AvgIpc) is 2.87. The summed E-state index contributed by atoms with van der Waals surface area (Å²) < 4.78 is 37.5. The van der Waals surface area contributed by atoms with Gasteiger partial charge in [0.2, 0.25) is 17.7 Å². The molecule has 2 aromatic heterocycles. The minimum atomic E-state index is -4.52. The number of nitrogens with one attached hydrogen (secondary N) is 2. The van der Waals surface area contributed by atoms with Gasteiger partial charge in [0.05, 0.1) is 26.7 Å². The van der Waals surface area contributed by atoms with Crippen LogP contribution in [0.5, 0.6) is 11.8 Å². The highest BCUT2D eigenvalue weighted by Gasteiger charge is 2.29. The predicted molar refractivity (Wildman–Crippen MR) is 94.0 cm³/mol. The Kier molecular flexibility index (Phi) is 6.25. The van der Waals surface area contributed by atoms with E-state index in [2.05, 4.69) is 20.4 Å². The number of sulfonamides is 1. The Bertz CT molecular complexity index is 1000. The molecule has 13 nitrogen and oxygen atoms in total. The Morgan fingerprint density at radius 3 is 2.32 bits per heavy atom. The lowest BCUT2D eigenvalue weighted by molar-refractivity contribution is -0.136. The summed E-state index contributed by atoms with van der Waals surface area (Å²) in [5, 5.41) is 13.8. The highest BCUT2D eigenvalue weighted by Crippen LogP contribution is 2.24. The number of methoxy groups -OCH3 is 2. The number of carbonyl (C=O) groups excluding carboxylic acids is 1. The quantitative estimate of drug-likeness (QED) is 0.538. The highest BCUT2D eigenvalue weighted by atomic mass is 35.5. The molecule has 2 heterocycles. The number of aliphatic carboxylic acids is 1. The molecule has 0 aliphatic carbocycles. The topological polar surface area (TPSA) is 175 Å². The number of ether oxygens (including phenoxy) is 2. The van der Waals surface area contributed by atoms with Gasteiger partial charge >= 0.3 is 12.0 Å². The number of rotatable bonds is 7. The van der Waals surface area contributed by atoms with Crippen LogP contribution in [0.4, 0.5) is 10.7 Å². The van der Waals surface area contributed by atoms with Gasteiger partial charge in [-0.15, -0.1) is 0 Å². The Labute approximate surface area is 163 Å². The van der Waals surface area contributed by atoms with Gasteiger partial charge < -0.3 is 14.6 Å². The average molecular weight is 435 g/mol. The van der Waals surface area contributed by atoms with Crippen molar-refractivity contribution in [2.45, 2.75) is 11.4 Å². The third-order valence-electron chi connectivity index (χ3n) is 3.17. The third kappa shape index (κ3) is 4.77. The number of urea groups is 1. The Morgan fingerprint density at radius 1 is 1.25 bits per heavy atom. The fourth-order valence-electron chi connectivity index (χ4n) is 2.12. The molecule has 0 unspecified atom stereocenters. The molecular formula is C13H15ClN6O7S.